The van der Waals surface area contributed by atoms with Gasteiger partial charge in [-0.2, -0.15) is 0 Å². The summed E-state index contributed by atoms with van der Waals surface area (Å²) >= 11 is 1.78. The minimum Gasteiger partial charge on any atom is -0.422 e. The van der Waals surface area contributed by atoms with Crippen molar-refractivity contribution in [1.82, 2.24) is 4.90 Å². The summed E-state index contributed by atoms with van der Waals surface area (Å²) in [7, 11) is 0. The number of rotatable bonds is 4. The highest BCUT2D eigenvalue weighted by atomic mass is 32.2. The average molecular weight is 372 g/mol. The number of carbonyl (C=O) groups is 1. The van der Waals surface area contributed by atoms with Crippen molar-refractivity contribution in [3.8, 4) is 0 Å². The number of nitrogens with zero attached hydrogens (tertiary/aromatic N) is 2. The molecule has 0 aliphatic carbocycles. The second-order valence-electron chi connectivity index (χ2n) is 6.35. The molecule has 0 aromatic heterocycles. The van der Waals surface area contributed by atoms with E-state index in [-0.39, 0.29) is 0 Å². The molecule has 0 saturated carbocycles. The molecule has 0 spiro atoms. The summed E-state index contributed by atoms with van der Waals surface area (Å²) in [5.41, 5.74) is 3.74. The van der Waals surface area contributed by atoms with Gasteiger partial charge in [-0.05, 0) is 37.6 Å². The van der Waals surface area contributed by atoms with Crippen molar-refractivity contribution in [2.45, 2.75) is 23.6 Å². The quantitative estimate of drug-likeness (QED) is 0.830. The number of piperazine rings is 1. The maximum Gasteiger partial charge on any atom is 0.411 e. The number of benzene rings is 2. The van der Waals surface area contributed by atoms with E-state index >= 15 is 0 Å². The van der Waals surface area contributed by atoms with Crippen LogP contribution < -0.4 is 4.90 Å². The average Bonchev–Trinajstić information content (AvgIpc) is 2.65. The number of carbonyl (C=O) groups excluding carboxylic acids is 1. The van der Waals surface area contributed by atoms with E-state index in [0.29, 0.717) is 13.1 Å². The van der Waals surface area contributed by atoms with Gasteiger partial charge in [-0.1, -0.05) is 41.6 Å². The van der Waals surface area contributed by atoms with Gasteiger partial charge in [-0.3, -0.25) is 0 Å². The van der Waals surface area contributed by atoms with Gasteiger partial charge in [-0.15, -0.1) is 0 Å². The van der Waals surface area contributed by atoms with Crippen LogP contribution in [0, 0.1) is 13.8 Å². The number of anilines is 1. The summed E-state index contributed by atoms with van der Waals surface area (Å²) in [6.07, 6.45) is -0.454. The van der Waals surface area contributed by atoms with Crippen molar-refractivity contribution in [1.29, 1.82) is 0 Å². The Hall–Kier alpha value is -2.18. The Labute approximate surface area is 158 Å². The van der Waals surface area contributed by atoms with Crippen LogP contribution in [-0.4, -0.2) is 49.1 Å². The smallest absolute Gasteiger partial charge is 0.411 e. The minimum atomic E-state index is -0.575. The Kier molecular flexibility index (Phi) is 6.06. The van der Waals surface area contributed by atoms with E-state index in [9.17, 15) is 4.79 Å². The number of aliphatic hydroxyl groups is 1. The fourth-order valence-corrected chi connectivity index (χ4v) is 4.15. The molecule has 0 radical (unpaired) electrons. The summed E-state index contributed by atoms with van der Waals surface area (Å²) in [6.45, 7) is 6.33. The summed E-state index contributed by atoms with van der Waals surface area (Å²) < 4.78 is 4.67. The molecule has 138 valence electrons. The second kappa shape index (κ2) is 8.47. The van der Waals surface area contributed by atoms with Crippen LogP contribution in [0.25, 0.3) is 0 Å². The van der Waals surface area contributed by atoms with Gasteiger partial charge >= 0.3 is 6.09 Å². The first-order chi connectivity index (χ1) is 12.6. The maximum atomic E-state index is 11.7. The van der Waals surface area contributed by atoms with Crippen LogP contribution in [0.5, 0.6) is 0 Å². The molecule has 1 fully saturated rings. The lowest BCUT2D eigenvalue weighted by Crippen LogP contribution is -2.49. The number of ether oxygens (including phenoxy) is 1. The summed E-state index contributed by atoms with van der Waals surface area (Å²) in [5, 5.41) is 8.73. The van der Waals surface area contributed by atoms with Crippen molar-refractivity contribution in [3.63, 3.8) is 0 Å². The van der Waals surface area contributed by atoms with E-state index in [4.69, 9.17) is 5.11 Å². The van der Waals surface area contributed by atoms with E-state index in [1.807, 2.05) is 6.07 Å². The van der Waals surface area contributed by atoms with Crippen molar-refractivity contribution in [2.24, 2.45) is 0 Å². The Bertz CT molecular complexity index is 773. The summed E-state index contributed by atoms with van der Waals surface area (Å²) in [6, 6.07) is 14.9. The Morgan fingerprint density at radius 2 is 1.81 bits per heavy atom. The molecule has 1 amide bonds. The molecule has 5 nitrogen and oxygen atoms in total. The first-order valence-electron chi connectivity index (χ1n) is 8.70. The van der Waals surface area contributed by atoms with E-state index in [2.05, 4.69) is 59.9 Å². The van der Waals surface area contributed by atoms with Crippen LogP contribution in [0.3, 0.4) is 0 Å². The first kappa shape index (κ1) is 18.6. The van der Waals surface area contributed by atoms with Crippen molar-refractivity contribution >= 4 is 23.5 Å². The van der Waals surface area contributed by atoms with Gasteiger partial charge < -0.3 is 19.6 Å². The third-order valence-corrected chi connectivity index (χ3v) is 5.73. The highest BCUT2D eigenvalue weighted by molar-refractivity contribution is 7.99. The minimum absolute atomic E-state index is 0.454. The van der Waals surface area contributed by atoms with Crippen LogP contribution in [0.15, 0.2) is 52.3 Å². The lowest BCUT2D eigenvalue weighted by Gasteiger charge is -2.36. The van der Waals surface area contributed by atoms with Crippen LogP contribution in [0.1, 0.15) is 11.1 Å². The lowest BCUT2D eigenvalue weighted by atomic mass is 10.2. The molecule has 6 heteroatoms. The Morgan fingerprint density at radius 1 is 1.08 bits per heavy atom. The molecule has 0 unspecified atom stereocenters. The zero-order valence-electron chi connectivity index (χ0n) is 15.1. The third kappa shape index (κ3) is 4.31. The molecular weight excluding hydrogens is 348 g/mol. The second-order valence-corrected chi connectivity index (χ2v) is 7.44. The molecule has 2 aromatic rings. The van der Waals surface area contributed by atoms with Crippen LogP contribution in [0.2, 0.25) is 0 Å². The number of amides is 1. The maximum absolute atomic E-state index is 11.7. The van der Waals surface area contributed by atoms with Gasteiger partial charge in [0.1, 0.15) is 0 Å². The number of aliphatic hydroxyl groups excluding tert-OH is 1. The molecule has 1 aliphatic heterocycles. The fraction of sp³-hybridized carbons (Fsp3) is 0.350. The molecule has 26 heavy (non-hydrogen) atoms. The van der Waals surface area contributed by atoms with Crippen molar-refractivity contribution in [2.75, 3.05) is 37.9 Å². The molecule has 1 heterocycles. The van der Waals surface area contributed by atoms with Gasteiger partial charge in [0, 0.05) is 36.0 Å². The molecule has 2 aromatic carbocycles. The number of hydrogen-bond acceptors (Lipinski definition) is 5. The van der Waals surface area contributed by atoms with E-state index < -0.39 is 12.9 Å². The van der Waals surface area contributed by atoms with Crippen LogP contribution in [-0.2, 0) is 4.74 Å². The SMILES string of the molecule is Cc1ccc(Sc2ccccc2N2CCN(C(=O)OCO)CC2)c(C)c1. The highest BCUT2D eigenvalue weighted by Gasteiger charge is 2.23. The Balaban J connectivity index is 1.73. The molecule has 0 bridgehead atoms. The topological polar surface area (TPSA) is 53.0 Å². The predicted molar refractivity (Wildman–Crippen MR) is 104 cm³/mol. The highest BCUT2D eigenvalue weighted by Crippen LogP contribution is 2.37. The molecular formula is C20H24N2O3S. The standard InChI is InChI=1S/C20H24N2O3S/c1-15-7-8-18(16(2)13-15)26-19-6-4-3-5-17(19)21-9-11-22(12-10-21)20(24)25-14-23/h3-8,13,23H,9-12,14H2,1-2H3. The molecule has 3 rings (SSSR count). The third-order valence-electron chi connectivity index (χ3n) is 4.48. The normalized spacial score (nSPS) is 14.4. The van der Waals surface area contributed by atoms with Gasteiger partial charge in [0.05, 0.1) is 5.69 Å². The van der Waals surface area contributed by atoms with Crippen LogP contribution >= 0.6 is 11.8 Å². The number of hydrogen-bond donors (Lipinski definition) is 1. The lowest BCUT2D eigenvalue weighted by molar-refractivity contribution is 0.0213. The van der Waals surface area contributed by atoms with Crippen molar-refractivity contribution < 1.29 is 14.6 Å². The first-order valence-corrected chi connectivity index (χ1v) is 9.52. The summed E-state index contributed by atoms with van der Waals surface area (Å²) in [4.78, 5) is 18.1. The van der Waals surface area contributed by atoms with Crippen molar-refractivity contribution in [3.05, 3.63) is 53.6 Å². The monoisotopic (exact) mass is 372 g/mol. The van der Waals surface area contributed by atoms with E-state index in [1.54, 1.807) is 16.7 Å². The van der Waals surface area contributed by atoms with Gasteiger partial charge in [0.2, 0.25) is 0 Å². The fourth-order valence-electron chi connectivity index (χ4n) is 3.11. The molecule has 0 atom stereocenters. The predicted octanol–water partition coefficient (Wildman–Crippen LogP) is 3.66. The van der Waals surface area contributed by atoms with Gasteiger partial charge in [-0.25, -0.2) is 4.79 Å². The Morgan fingerprint density at radius 3 is 2.50 bits per heavy atom. The molecule has 1 N–H and O–H groups in total. The van der Waals surface area contributed by atoms with Gasteiger partial charge in [0.25, 0.3) is 0 Å². The van der Waals surface area contributed by atoms with Crippen LogP contribution in [0.4, 0.5) is 10.5 Å². The molecule has 1 saturated heterocycles. The zero-order chi connectivity index (χ0) is 18.5. The number of aryl methyl sites for hydroxylation is 2. The van der Waals surface area contributed by atoms with E-state index in [1.165, 1.54) is 26.6 Å². The zero-order valence-corrected chi connectivity index (χ0v) is 16.0. The largest absolute Gasteiger partial charge is 0.422 e. The summed E-state index contributed by atoms with van der Waals surface area (Å²) in [5.74, 6) is 0. The molecule has 1 aliphatic rings. The van der Waals surface area contributed by atoms with E-state index in [0.717, 1.165) is 13.1 Å². The number of para-hydroxylation sites is 1. The van der Waals surface area contributed by atoms with Gasteiger partial charge in [0.15, 0.2) is 6.79 Å².